The summed E-state index contributed by atoms with van der Waals surface area (Å²) in [7, 11) is 0. The zero-order valence-corrected chi connectivity index (χ0v) is 8.53. The third-order valence-corrected chi connectivity index (χ3v) is 1.82. The predicted molar refractivity (Wildman–Crippen MR) is 53.6 cm³/mol. The van der Waals surface area contributed by atoms with Gasteiger partial charge in [0.15, 0.2) is 0 Å². The average Bonchev–Trinajstić information content (AvgIpc) is 2.08. The standard InChI is InChI=1S/C7H12N2.CH2Cl2/c8-6-9-7-4-2-1-3-5-7;2-1-3/h7-8H,1-5H2;1H2. The van der Waals surface area contributed by atoms with Crippen molar-refractivity contribution in [3.63, 3.8) is 0 Å². The van der Waals surface area contributed by atoms with Crippen molar-refractivity contribution in [1.82, 2.24) is 0 Å². The maximum Gasteiger partial charge on any atom is 0.0967 e. The molecule has 1 rings (SSSR count). The topological polar surface area (TPSA) is 36.2 Å². The second-order valence-electron chi connectivity index (χ2n) is 2.63. The van der Waals surface area contributed by atoms with E-state index in [0.29, 0.717) is 6.04 Å². The summed E-state index contributed by atoms with van der Waals surface area (Å²) in [4.78, 5) is 3.90. The Kier molecular flexibility index (Phi) is 9.02. The second-order valence-corrected chi connectivity index (χ2v) is 3.44. The largest absolute Gasteiger partial charge is 0.242 e. The van der Waals surface area contributed by atoms with Gasteiger partial charge >= 0.3 is 0 Å². The van der Waals surface area contributed by atoms with Crippen LogP contribution in [-0.2, 0) is 0 Å². The molecule has 0 aromatic carbocycles. The Hall–Kier alpha value is -0.0400. The number of alkyl halides is 2. The van der Waals surface area contributed by atoms with E-state index in [1.807, 2.05) is 0 Å². The molecule has 1 aliphatic carbocycles. The lowest BCUT2D eigenvalue weighted by Crippen LogP contribution is -2.08. The molecule has 70 valence electrons. The summed E-state index contributed by atoms with van der Waals surface area (Å²) in [5, 5.41) is 6.82. The molecule has 4 heteroatoms. The minimum absolute atomic E-state index is 0.194. The molecule has 0 amide bonds. The van der Waals surface area contributed by atoms with Crippen LogP contribution < -0.4 is 0 Å². The van der Waals surface area contributed by atoms with E-state index < -0.39 is 0 Å². The van der Waals surface area contributed by atoms with Crippen molar-refractivity contribution in [3.8, 4) is 0 Å². The van der Waals surface area contributed by atoms with Gasteiger partial charge in [0, 0.05) is 0 Å². The third-order valence-electron chi connectivity index (χ3n) is 1.82. The highest BCUT2D eigenvalue weighted by Crippen LogP contribution is 2.19. The van der Waals surface area contributed by atoms with E-state index in [4.69, 9.17) is 28.6 Å². The molecule has 0 aromatic heterocycles. The number of rotatable bonds is 1. The molecule has 12 heavy (non-hydrogen) atoms. The van der Waals surface area contributed by atoms with Gasteiger partial charge in [-0.15, -0.1) is 23.2 Å². The van der Waals surface area contributed by atoms with E-state index in [1.54, 1.807) is 0 Å². The fourth-order valence-corrected chi connectivity index (χ4v) is 1.30. The first-order valence-electron chi connectivity index (χ1n) is 4.08. The molecule has 1 aliphatic rings. The van der Waals surface area contributed by atoms with E-state index in [2.05, 4.69) is 11.0 Å². The third kappa shape index (κ3) is 6.66. The lowest BCUT2D eigenvalue weighted by Gasteiger charge is -2.15. The Morgan fingerprint density at radius 2 is 1.75 bits per heavy atom. The molecule has 0 atom stereocenters. The Bertz CT molecular complexity index is 138. The van der Waals surface area contributed by atoms with Gasteiger partial charge in [0.25, 0.3) is 0 Å². The van der Waals surface area contributed by atoms with Crippen LogP contribution in [0.25, 0.3) is 0 Å². The number of nitrogens with one attached hydrogen (secondary N) is 1. The SMILES string of the molecule is ClCCl.N=C=NC1CCCCC1. The van der Waals surface area contributed by atoms with E-state index in [1.165, 1.54) is 32.1 Å². The first-order valence-corrected chi connectivity index (χ1v) is 5.15. The maximum absolute atomic E-state index is 6.62. The molecule has 0 heterocycles. The van der Waals surface area contributed by atoms with Crippen LogP contribution >= 0.6 is 23.2 Å². The lowest BCUT2D eigenvalue weighted by atomic mass is 9.96. The molecule has 0 saturated heterocycles. The van der Waals surface area contributed by atoms with Crippen molar-refractivity contribution in [1.29, 1.82) is 5.41 Å². The van der Waals surface area contributed by atoms with Gasteiger partial charge < -0.3 is 0 Å². The van der Waals surface area contributed by atoms with Gasteiger partial charge in [-0.25, -0.2) is 10.4 Å². The number of hydrogen-bond donors (Lipinski definition) is 1. The fraction of sp³-hybridized carbons (Fsp3) is 0.875. The Balaban J connectivity index is 0.000000354. The normalized spacial score (nSPS) is 17.2. The zero-order chi connectivity index (χ0) is 9.23. The van der Waals surface area contributed by atoms with Gasteiger partial charge in [-0.1, -0.05) is 19.3 Å². The van der Waals surface area contributed by atoms with Crippen LogP contribution in [0.5, 0.6) is 0 Å². The molecule has 0 aliphatic heterocycles. The lowest BCUT2D eigenvalue weighted by molar-refractivity contribution is 0.444. The van der Waals surface area contributed by atoms with Gasteiger partial charge in [0.1, 0.15) is 0 Å². The summed E-state index contributed by atoms with van der Waals surface area (Å²) in [6, 6.07) is 2.54. The van der Waals surface area contributed by atoms with Crippen LogP contribution in [0.4, 0.5) is 0 Å². The number of aliphatic imine (C=N–C) groups is 1. The van der Waals surface area contributed by atoms with Crippen LogP contribution in [-0.4, -0.2) is 17.4 Å². The highest BCUT2D eigenvalue weighted by molar-refractivity contribution is 6.40. The zero-order valence-electron chi connectivity index (χ0n) is 7.02. The van der Waals surface area contributed by atoms with Gasteiger partial charge in [-0.3, -0.25) is 0 Å². The quantitative estimate of drug-likeness (QED) is 0.507. The smallest absolute Gasteiger partial charge is 0.0967 e. The molecule has 2 nitrogen and oxygen atoms in total. The molecule has 0 unspecified atom stereocenters. The van der Waals surface area contributed by atoms with E-state index in [9.17, 15) is 0 Å². The van der Waals surface area contributed by atoms with Crippen molar-refractivity contribution >= 4 is 29.2 Å². The average molecular weight is 209 g/mol. The first-order chi connectivity index (χ1) is 5.85. The molecular weight excluding hydrogens is 195 g/mol. The van der Waals surface area contributed by atoms with Gasteiger partial charge in [-0.2, -0.15) is 0 Å². The summed E-state index contributed by atoms with van der Waals surface area (Å²) < 4.78 is 0. The minimum Gasteiger partial charge on any atom is -0.242 e. The van der Waals surface area contributed by atoms with Crippen LogP contribution in [0.3, 0.4) is 0 Å². The summed E-state index contributed by atoms with van der Waals surface area (Å²) >= 11 is 9.53. The van der Waals surface area contributed by atoms with Crippen molar-refractivity contribution in [2.45, 2.75) is 38.1 Å². The van der Waals surface area contributed by atoms with Crippen molar-refractivity contribution in [2.24, 2.45) is 4.99 Å². The maximum atomic E-state index is 6.62. The Morgan fingerprint density at radius 3 is 2.17 bits per heavy atom. The molecule has 0 spiro atoms. The molecule has 1 N–H and O–H groups in total. The highest BCUT2D eigenvalue weighted by Gasteiger charge is 2.10. The fourth-order valence-electron chi connectivity index (χ4n) is 1.30. The van der Waals surface area contributed by atoms with Crippen LogP contribution in [0.15, 0.2) is 4.99 Å². The Labute approximate surface area is 83.5 Å². The van der Waals surface area contributed by atoms with E-state index in [0.717, 1.165) is 0 Å². The van der Waals surface area contributed by atoms with Crippen LogP contribution in [0.1, 0.15) is 32.1 Å². The summed E-state index contributed by atoms with van der Waals surface area (Å²) in [6.45, 7) is 0. The van der Waals surface area contributed by atoms with Crippen LogP contribution in [0.2, 0.25) is 0 Å². The molecule has 1 saturated carbocycles. The molecule has 0 radical (unpaired) electrons. The minimum atomic E-state index is 0.194. The number of nitrogens with zero attached hydrogens (tertiary/aromatic N) is 1. The second kappa shape index (κ2) is 9.05. The number of hydrogen-bond acceptors (Lipinski definition) is 2. The monoisotopic (exact) mass is 208 g/mol. The molecule has 1 fully saturated rings. The van der Waals surface area contributed by atoms with Crippen LogP contribution in [0, 0.1) is 5.41 Å². The highest BCUT2D eigenvalue weighted by atomic mass is 35.5. The van der Waals surface area contributed by atoms with Gasteiger partial charge in [0.2, 0.25) is 0 Å². The van der Waals surface area contributed by atoms with Crippen molar-refractivity contribution in [2.75, 3.05) is 5.34 Å². The van der Waals surface area contributed by atoms with Crippen molar-refractivity contribution in [3.05, 3.63) is 0 Å². The van der Waals surface area contributed by atoms with Gasteiger partial charge in [-0.05, 0) is 12.8 Å². The molecule has 0 bridgehead atoms. The first kappa shape index (κ1) is 12.0. The number of halogens is 2. The summed E-state index contributed by atoms with van der Waals surface area (Å²) in [5.74, 6) is 0. The van der Waals surface area contributed by atoms with Crippen molar-refractivity contribution < 1.29 is 0 Å². The summed E-state index contributed by atoms with van der Waals surface area (Å²) in [6.07, 6.45) is 6.27. The predicted octanol–water partition coefficient (Wildman–Crippen LogP) is 3.49. The molecule has 0 aromatic rings. The molecular formula is C8H14Cl2N2. The Morgan fingerprint density at radius 1 is 1.25 bits per heavy atom. The summed E-state index contributed by atoms with van der Waals surface area (Å²) in [5.41, 5.74) is 0. The van der Waals surface area contributed by atoms with E-state index >= 15 is 0 Å². The van der Waals surface area contributed by atoms with Gasteiger partial charge in [0.05, 0.1) is 17.4 Å². The van der Waals surface area contributed by atoms with E-state index in [-0.39, 0.29) is 5.34 Å².